The minimum atomic E-state index is -0.296. The molecule has 1 aliphatic rings. The highest BCUT2D eigenvalue weighted by Crippen LogP contribution is 2.23. The summed E-state index contributed by atoms with van der Waals surface area (Å²) < 4.78 is 5.88. The fourth-order valence-corrected chi connectivity index (χ4v) is 3.64. The molecule has 0 bridgehead atoms. The number of hydrogen-bond donors (Lipinski definition) is 1. The van der Waals surface area contributed by atoms with Gasteiger partial charge in [0.25, 0.3) is 5.91 Å². The van der Waals surface area contributed by atoms with Gasteiger partial charge >= 0.3 is 0 Å². The molecule has 4 nitrogen and oxygen atoms in total. The van der Waals surface area contributed by atoms with Crippen molar-refractivity contribution in [1.29, 1.82) is 0 Å². The average molecular weight is 405 g/mol. The third-order valence-electron chi connectivity index (χ3n) is 4.95. The molecule has 5 heteroatoms. The number of nitrogens with one attached hydrogen (secondary N) is 1. The van der Waals surface area contributed by atoms with Crippen molar-refractivity contribution in [3.05, 3.63) is 100 Å². The number of carbonyl (C=O) groups is 1. The molecule has 1 aliphatic carbocycles. The molecule has 4 rings (SSSR count). The van der Waals surface area contributed by atoms with Gasteiger partial charge in [-0.3, -0.25) is 4.79 Å². The van der Waals surface area contributed by atoms with E-state index in [9.17, 15) is 4.79 Å². The average Bonchev–Trinajstić information content (AvgIpc) is 2.77. The van der Waals surface area contributed by atoms with Crippen molar-refractivity contribution in [2.45, 2.75) is 25.9 Å². The summed E-state index contributed by atoms with van der Waals surface area (Å²) in [4.78, 5) is 12.8. The fourth-order valence-electron chi connectivity index (χ4n) is 3.45. The monoisotopic (exact) mass is 404 g/mol. The minimum Gasteiger partial charge on any atom is -0.488 e. The molecule has 0 aliphatic heterocycles. The van der Waals surface area contributed by atoms with Gasteiger partial charge in [0.05, 0.1) is 11.3 Å². The number of nitrogens with zero attached hydrogens (tertiary/aromatic N) is 1. The van der Waals surface area contributed by atoms with E-state index in [-0.39, 0.29) is 12.5 Å². The van der Waals surface area contributed by atoms with Gasteiger partial charge in [-0.2, -0.15) is 5.10 Å². The van der Waals surface area contributed by atoms with Gasteiger partial charge in [0, 0.05) is 16.1 Å². The molecule has 0 aromatic heterocycles. The van der Waals surface area contributed by atoms with E-state index < -0.39 is 0 Å². The number of amides is 1. The second-order valence-electron chi connectivity index (χ2n) is 6.89. The van der Waals surface area contributed by atoms with Gasteiger partial charge in [-0.05, 0) is 43.0 Å². The molecule has 0 atom stereocenters. The van der Waals surface area contributed by atoms with E-state index >= 15 is 0 Å². The molecular weight excluding hydrogens is 384 g/mol. The Labute approximate surface area is 175 Å². The van der Waals surface area contributed by atoms with Crippen molar-refractivity contribution < 1.29 is 9.53 Å². The summed E-state index contributed by atoms with van der Waals surface area (Å²) in [6.07, 6.45) is 2.92. The Balaban J connectivity index is 1.49. The Morgan fingerprint density at radius 3 is 2.62 bits per heavy atom. The summed E-state index contributed by atoms with van der Waals surface area (Å²) in [6.45, 7) is 0.284. The van der Waals surface area contributed by atoms with Crippen LogP contribution in [-0.4, -0.2) is 11.6 Å². The van der Waals surface area contributed by atoms with E-state index in [1.165, 1.54) is 5.56 Å². The number of ether oxygens (including phenoxy) is 1. The molecule has 0 unspecified atom stereocenters. The largest absolute Gasteiger partial charge is 0.488 e. The Kier molecular flexibility index (Phi) is 5.92. The number of hydrogen-bond acceptors (Lipinski definition) is 3. The molecule has 29 heavy (non-hydrogen) atoms. The van der Waals surface area contributed by atoms with E-state index in [1.54, 1.807) is 18.2 Å². The summed E-state index contributed by atoms with van der Waals surface area (Å²) in [6, 6.07) is 22.8. The first-order valence-corrected chi connectivity index (χ1v) is 10.0. The maximum Gasteiger partial charge on any atom is 0.275 e. The molecule has 146 valence electrons. The number of hydrazone groups is 1. The highest BCUT2D eigenvalue weighted by molar-refractivity contribution is 6.31. The number of aryl methyl sites for hydroxylation is 1. The van der Waals surface area contributed by atoms with Crippen LogP contribution in [0.2, 0.25) is 5.02 Å². The number of benzene rings is 3. The fraction of sp³-hybridized carbons (Fsp3) is 0.167. The van der Waals surface area contributed by atoms with Crippen LogP contribution in [-0.2, 0) is 13.0 Å². The summed E-state index contributed by atoms with van der Waals surface area (Å²) in [7, 11) is 0. The first-order valence-electron chi connectivity index (χ1n) is 9.63. The van der Waals surface area contributed by atoms with Crippen LogP contribution in [0.15, 0.2) is 77.9 Å². The molecule has 0 radical (unpaired) electrons. The summed E-state index contributed by atoms with van der Waals surface area (Å²) in [5.74, 6) is 0.199. The first-order chi connectivity index (χ1) is 14.2. The smallest absolute Gasteiger partial charge is 0.275 e. The zero-order valence-electron chi connectivity index (χ0n) is 15.9. The molecule has 0 spiro atoms. The Morgan fingerprint density at radius 2 is 1.72 bits per heavy atom. The van der Waals surface area contributed by atoms with Crippen LogP contribution in [0.25, 0.3) is 0 Å². The number of halogens is 1. The lowest BCUT2D eigenvalue weighted by Crippen LogP contribution is -2.22. The van der Waals surface area contributed by atoms with Gasteiger partial charge < -0.3 is 4.74 Å². The van der Waals surface area contributed by atoms with Gasteiger partial charge in [-0.1, -0.05) is 66.2 Å². The lowest BCUT2D eigenvalue weighted by Gasteiger charge is -2.17. The highest BCUT2D eigenvalue weighted by atomic mass is 35.5. The second-order valence-corrected chi connectivity index (χ2v) is 7.29. The number of fused-ring (bicyclic) bond motifs is 1. The third kappa shape index (κ3) is 4.49. The Bertz CT molecular complexity index is 1060. The summed E-state index contributed by atoms with van der Waals surface area (Å²) in [5.41, 5.74) is 7.30. The minimum absolute atomic E-state index is 0.284. The standard InChI is InChI=1S/C24H21ClN2O2/c25-21-13-5-2-9-18(21)16-29-23-15-6-4-12-20(23)24(28)27-26-22-14-7-10-17-8-1-3-11-19(17)22/h1-6,8-9,11-13,15H,7,10,14,16H2,(H,27,28)/b26-22-. The van der Waals surface area contributed by atoms with Crippen LogP contribution in [0.4, 0.5) is 0 Å². The molecule has 0 heterocycles. The van der Waals surface area contributed by atoms with E-state index in [1.807, 2.05) is 42.5 Å². The zero-order valence-corrected chi connectivity index (χ0v) is 16.7. The van der Waals surface area contributed by atoms with E-state index in [4.69, 9.17) is 16.3 Å². The normalized spacial score (nSPS) is 14.3. The molecule has 1 N–H and O–H groups in total. The molecular formula is C24H21ClN2O2. The number of carbonyl (C=O) groups excluding carboxylic acids is 1. The summed E-state index contributed by atoms with van der Waals surface area (Å²) >= 11 is 6.19. The van der Waals surface area contributed by atoms with Crippen molar-refractivity contribution in [1.82, 2.24) is 5.43 Å². The molecule has 1 amide bonds. The number of rotatable bonds is 5. The van der Waals surface area contributed by atoms with Crippen LogP contribution in [0.3, 0.4) is 0 Å². The second kappa shape index (κ2) is 8.93. The predicted molar refractivity (Wildman–Crippen MR) is 116 cm³/mol. The van der Waals surface area contributed by atoms with Crippen molar-refractivity contribution >= 4 is 23.2 Å². The van der Waals surface area contributed by atoms with E-state index in [0.717, 1.165) is 36.1 Å². The Hall–Kier alpha value is -3.11. The highest BCUT2D eigenvalue weighted by Gasteiger charge is 2.17. The Morgan fingerprint density at radius 1 is 0.966 bits per heavy atom. The van der Waals surface area contributed by atoms with Gasteiger partial charge in [-0.25, -0.2) is 5.43 Å². The van der Waals surface area contributed by atoms with E-state index in [2.05, 4.69) is 22.7 Å². The molecule has 0 fully saturated rings. The van der Waals surface area contributed by atoms with Crippen LogP contribution in [0, 0.1) is 0 Å². The summed E-state index contributed by atoms with van der Waals surface area (Å²) in [5, 5.41) is 5.05. The van der Waals surface area contributed by atoms with Gasteiger partial charge in [0.2, 0.25) is 0 Å². The lowest BCUT2D eigenvalue weighted by molar-refractivity contribution is 0.0950. The van der Waals surface area contributed by atoms with Crippen LogP contribution in [0.5, 0.6) is 5.75 Å². The van der Waals surface area contributed by atoms with Crippen molar-refractivity contribution in [2.75, 3.05) is 0 Å². The number of para-hydroxylation sites is 1. The van der Waals surface area contributed by atoms with Crippen molar-refractivity contribution in [3.8, 4) is 5.75 Å². The van der Waals surface area contributed by atoms with Crippen LogP contribution < -0.4 is 10.2 Å². The quantitative estimate of drug-likeness (QED) is 0.579. The molecule has 0 saturated carbocycles. The van der Waals surface area contributed by atoms with E-state index in [0.29, 0.717) is 16.3 Å². The van der Waals surface area contributed by atoms with Crippen molar-refractivity contribution in [2.24, 2.45) is 5.10 Å². The van der Waals surface area contributed by atoms with Crippen LogP contribution in [0.1, 0.15) is 39.9 Å². The SMILES string of the molecule is O=C(N/N=C1/CCCc2ccccc21)c1ccccc1OCc1ccccc1Cl. The van der Waals surface area contributed by atoms with Crippen LogP contribution >= 0.6 is 11.6 Å². The topological polar surface area (TPSA) is 50.7 Å². The third-order valence-corrected chi connectivity index (χ3v) is 5.32. The molecule has 0 saturated heterocycles. The first kappa shape index (κ1) is 19.2. The van der Waals surface area contributed by atoms with Crippen molar-refractivity contribution in [3.63, 3.8) is 0 Å². The maximum atomic E-state index is 12.8. The predicted octanol–water partition coefficient (Wildman–Crippen LogP) is 5.39. The lowest BCUT2D eigenvalue weighted by atomic mass is 9.90. The van der Waals surface area contributed by atoms with Gasteiger partial charge in [-0.15, -0.1) is 0 Å². The molecule has 3 aromatic carbocycles. The zero-order chi connectivity index (χ0) is 20.1. The van der Waals surface area contributed by atoms with Gasteiger partial charge in [0.15, 0.2) is 0 Å². The van der Waals surface area contributed by atoms with Gasteiger partial charge in [0.1, 0.15) is 12.4 Å². The molecule has 3 aromatic rings. The maximum absolute atomic E-state index is 12.8.